The Kier molecular flexibility index (Phi) is 5.00. The minimum absolute atomic E-state index is 0.0757. The van der Waals surface area contributed by atoms with Gasteiger partial charge >= 0.3 is 0 Å². The molecular weight excluding hydrogens is 368 g/mol. The normalized spacial score (nSPS) is 16.4. The van der Waals surface area contributed by atoms with E-state index in [4.69, 9.17) is 0 Å². The Bertz CT molecular complexity index is 758. The van der Waals surface area contributed by atoms with Crippen molar-refractivity contribution >= 4 is 27.7 Å². The van der Waals surface area contributed by atoms with Crippen LogP contribution in [-0.4, -0.2) is 23.3 Å². The molecule has 1 heterocycles. The average molecular weight is 387 g/mol. The predicted octanol–water partition coefficient (Wildman–Crippen LogP) is 3.21. The third-order valence-corrected chi connectivity index (χ3v) is 4.84. The molecule has 2 aromatic rings. The van der Waals surface area contributed by atoms with E-state index < -0.39 is 6.04 Å². The van der Waals surface area contributed by atoms with Crippen molar-refractivity contribution in [2.45, 2.75) is 25.9 Å². The molecule has 1 atom stereocenters. The number of fused-ring (bicyclic) bond motifs is 1. The first-order chi connectivity index (χ1) is 11.6. The quantitative estimate of drug-likeness (QED) is 0.880. The smallest absolute Gasteiger partial charge is 0.247 e. The van der Waals surface area contributed by atoms with Gasteiger partial charge in [-0.3, -0.25) is 9.59 Å². The topological polar surface area (TPSA) is 49.4 Å². The zero-order chi connectivity index (χ0) is 17.1. The molecule has 0 spiro atoms. The summed E-state index contributed by atoms with van der Waals surface area (Å²) in [6.45, 7) is 2.53. The Morgan fingerprint density at radius 2 is 1.88 bits per heavy atom. The lowest BCUT2D eigenvalue weighted by atomic mass is 9.92. The lowest BCUT2D eigenvalue weighted by Crippen LogP contribution is -2.46. The number of nitrogens with zero attached hydrogens (tertiary/aromatic N) is 1. The molecule has 124 valence electrons. The molecule has 24 heavy (non-hydrogen) atoms. The van der Waals surface area contributed by atoms with Crippen LogP contribution in [0.15, 0.2) is 53.0 Å². The van der Waals surface area contributed by atoms with Crippen molar-refractivity contribution < 1.29 is 9.59 Å². The van der Waals surface area contributed by atoms with Gasteiger partial charge in [-0.05, 0) is 35.2 Å². The second-order valence-electron chi connectivity index (χ2n) is 5.91. The first-order valence-electron chi connectivity index (χ1n) is 7.93. The molecule has 0 bridgehead atoms. The summed E-state index contributed by atoms with van der Waals surface area (Å²) >= 11 is 3.40. The molecule has 0 saturated heterocycles. The van der Waals surface area contributed by atoms with Gasteiger partial charge in [-0.15, -0.1) is 0 Å². The summed E-state index contributed by atoms with van der Waals surface area (Å²) in [5.74, 6) is -0.214. The van der Waals surface area contributed by atoms with Crippen LogP contribution in [0.25, 0.3) is 0 Å². The molecular formula is C19H19BrN2O2. The third-order valence-electron chi connectivity index (χ3n) is 4.32. The standard InChI is InChI=1S/C19H19BrN2O2/c1-13(23)22-11-10-15-4-2-3-5-17(15)18(22)19(24)21-12-14-6-8-16(20)9-7-14/h2-9,18H,10-12H2,1H3,(H,21,24)/t18-/m1/s1. The van der Waals surface area contributed by atoms with Crippen LogP contribution in [0.3, 0.4) is 0 Å². The van der Waals surface area contributed by atoms with Crippen LogP contribution in [0.5, 0.6) is 0 Å². The van der Waals surface area contributed by atoms with Gasteiger partial charge in [0.05, 0.1) is 0 Å². The van der Waals surface area contributed by atoms with Crippen molar-refractivity contribution in [2.75, 3.05) is 6.54 Å². The van der Waals surface area contributed by atoms with Crippen molar-refractivity contribution in [3.05, 3.63) is 69.7 Å². The minimum atomic E-state index is -0.553. The molecule has 2 aromatic carbocycles. The van der Waals surface area contributed by atoms with Gasteiger partial charge in [-0.25, -0.2) is 0 Å². The highest BCUT2D eigenvalue weighted by Gasteiger charge is 2.34. The lowest BCUT2D eigenvalue weighted by molar-refractivity contribution is -0.139. The van der Waals surface area contributed by atoms with Gasteiger partial charge in [0.15, 0.2) is 0 Å². The summed E-state index contributed by atoms with van der Waals surface area (Å²) in [5.41, 5.74) is 3.08. The number of hydrogen-bond donors (Lipinski definition) is 1. The van der Waals surface area contributed by atoms with Crippen LogP contribution in [0.2, 0.25) is 0 Å². The second kappa shape index (κ2) is 7.18. The maximum absolute atomic E-state index is 12.8. The number of halogens is 1. The number of nitrogens with one attached hydrogen (secondary N) is 1. The molecule has 5 heteroatoms. The molecule has 4 nitrogen and oxygen atoms in total. The van der Waals surface area contributed by atoms with Gasteiger partial charge in [0.25, 0.3) is 0 Å². The van der Waals surface area contributed by atoms with Gasteiger partial charge in [0.1, 0.15) is 6.04 Å². The van der Waals surface area contributed by atoms with Crippen LogP contribution in [0.4, 0.5) is 0 Å². The van der Waals surface area contributed by atoms with E-state index in [0.29, 0.717) is 13.1 Å². The molecule has 3 rings (SSSR count). The minimum Gasteiger partial charge on any atom is -0.350 e. The van der Waals surface area contributed by atoms with Crippen LogP contribution < -0.4 is 5.32 Å². The van der Waals surface area contributed by atoms with E-state index in [1.54, 1.807) is 4.90 Å². The van der Waals surface area contributed by atoms with Gasteiger partial charge in [0.2, 0.25) is 11.8 Å². The molecule has 0 unspecified atom stereocenters. The van der Waals surface area contributed by atoms with E-state index in [0.717, 1.165) is 27.6 Å². The van der Waals surface area contributed by atoms with E-state index in [9.17, 15) is 9.59 Å². The Labute approximate surface area is 150 Å². The highest BCUT2D eigenvalue weighted by molar-refractivity contribution is 9.10. The fourth-order valence-corrected chi connectivity index (χ4v) is 3.34. The first-order valence-corrected chi connectivity index (χ1v) is 8.72. The number of hydrogen-bond acceptors (Lipinski definition) is 2. The zero-order valence-corrected chi connectivity index (χ0v) is 15.0. The summed E-state index contributed by atoms with van der Waals surface area (Å²) in [4.78, 5) is 26.4. The van der Waals surface area contributed by atoms with E-state index >= 15 is 0 Å². The monoisotopic (exact) mass is 386 g/mol. The highest BCUT2D eigenvalue weighted by atomic mass is 79.9. The van der Waals surface area contributed by atoms with Crippen LogP contribution in [-0.2, 0) is 22.6 Å². The van der Waals surface area contributed by atoms with Gasteiger partial charge in [-0.2, -0.15) is 0 Å². The molecule has 1 aliphatic rings. The number of carbonyl (C=O) groups excluding carboxylic acids is 2. The average Bonchev–Trinajstić information content (AvgIpc) is 2.59. The van der Waals surface area contributed by atoms with Crippen molar-refractivity contribution in [1.82, 2.24) is 10.2 Å². The Balaban J connectivity index is 1.80. The largest absolute Gasteiger partial charge is 0.350 e. The maximum Gasteiger partial charge on any atom is 0.247 e. The summed E-state index contributed by atoms with van der Waals surface area (Å²) in [5, 5.41) is 2.97. The predicted molar refractivity (Wildman–Crippen MR) is 96.3 cm³/mol. The second-order valence-corrected chi connectivity index (χ2v) is 6.82. The number of benzene rings is 2. The highest BCUT2D eigenvalue weighted by Crippen LogP contribution is 2.30. The summed E-state index contributed by atoms with van der Waals surface area (Å²) in [6.07, 6.45) is 0.784. The number of carbonyl (C=O) groups is 2. The maximum atomic E-state index is 12.8. The van der Waals surface area contributed by atoms with Crippen LogP contribution in [0.1, 0.15) is 29.7 Å². The van der Waals surface area contributed by atoms with Crippen molar-refractivity contribution in [3.8, 4) is 0 Å². The molecule has 1 aliphatic heterocycles. The van der Waals surface area contributed by atoms with Crippen molar-refractivity contribution in [3.63, 3.8) is 0 Å². The third kappa shape index (κ3) is 3.51. The molecule has 0 saturated carbocycles. The van der Waals surface area contributed by atoms with E-state index in [-0.39, 0.29) is 11.8 Å². The van der Waals surface area contributed by atoms with Gasteiger partial charge < -0.3 is 10.2 Å². The SMILES string of the molecule is CC(=O)N1CCc2ccccc2[C@@H]1C(=O)NCc1ccc(Br)cc1. The molecule has 2 amide bonds. The Morgan fingerprint density at radius 3 is 2.58 bits per heavy atom. The number of rotatable bonds is 3. The van der Waals surface area contributed by atoms with Crippen LogP contribution >= 0.6 is 15.9 Å². The zero-order valence-electron chi connectivity index (χ0n) is 13.5. The summed E-state index contributed by atoms with van der Waals surface area (Å²) < 4.78 is 1.00. The molecule has 0 fully saturated rings. The fourth-order valence-electron chi connectivity index (χ4n) is 3.08. The van der Waals surface area contributed by atoms with E-state index in [2.05, 4.69) is 21.2 Å². The van der Waals surface area contributed by atoms with Gasteiger partial charge in [-0.1, -0.05) is 52.3 Å². The fraction of sp³-hybridized carbons (Fsp3) is 0.263. The van der Waals surface area contributed by atoms with Crippen molar-refractivity contribution in [1.29, 1.82) is 0 Å². The molecule has 0 aliphatic carbocycles. The van der Waals surface area contributed by atoms with Crippen LogP contribution in [0, 0.1) is 0 Å². The van der Waals surface area contributed by atoms with E-state index in [1.165, 1.54) is 6.92 Å². The Morgan fingerprint density at radius 1 is 1.17 bits per heavy atom. The molecule has 0 aromatic heterocycles. The number of amides is 2. The first kappa shape index (κ1) is 16.7. The van der Waals surface area contributed by atoms with Gasteiger partial charge in [0, 0.05) is 24.5 Å². The van der Waals surface area contributed by atoms with Crippen molar-refractivity contribution in [2.24, 2.45) is 0 Å². The lowest BCUT2D eigenvalue weighted by Gasteiger charge is -2.35. The Hall–Kier alpha value is -2.14. The van der Waals surface area contributed by atoms with E-state index in [1.807, 2.05) is 48.5 Å². The molecule has 1 N–H and O–H groups in total. The molecule has 0 radical (unpaired) electrons. The summed E-state index contributed by atoms with van der Waals surface area (Å²) in [6, 6.07) is 15.1. The summed E-state index contributed by atoms with van der Waals surface area (Å²) in [7, 11) is 0.